The molecule has 0 N–H and O–H groups in total. The van der Waals surface area contributed by atoms with Gasteiger partial charge in [0, 0.05) is 6.92 Å². The zero-order chi connectivity index (χ0) is 43.0. The summed E-state index contributed by atoms with van der Waals surface area (Å²) in [5.74, 6) is -0.873. The lowest BCUT2D eigenvalue weighted by atomic mass is 9.94. The molecule has 2 fully saturated rings. The van der Waals surface area contributed by atoms with E-state index in [-0.39, 0.29) is 39.6 Å². The van der Waals surface area contributed by atoms with Crippen LogP contribution in [0.25, 0.3) is 0 Å². The summed E-state index contributed by atoms with van der Waals surface area (Å²) in [4.78, 5) is 39.8. The van der Waals surface area contributed by atoms with Gasteiger partial charge in [0.05, 0.1) is 57.6 Å². The Bertz CT molecular complexity index is 1500. The molecule has 324 valence electrons. The van der Waals surface area contributed by atoms with E-state index in [9.17, 15) is 14.4 Å². The molecule has 58 heavy (non-hydrogen) atoms. The summed E-state index contributed by atoms with van der Waals surface area (Å²) in [7, 11) is 1.54. The summed E-state index contributed by atoms with van der Waals surface area (Å²) in [5, 5.41) is 0. The average molecular weight is 819 g/mol. The van der Waals surface area contributed by atoms with Gasteiger partial charge in [-0.25, -0.2) is 0 Å². The molecule has 0 radical (unpaired) electrons. The van der Waals surface area contributed by atoms with Gasteiger partial charge in [-0.15, -0.1) is 26.3 Å². The molecule has 0 aliphatic carbocycles. The van der Waals surface area contributed by atoms with Crippen molar-refractivity contribution in [3.05, 3.63) is 74.9 Å². The lowest BCUT2D eigenvalue weighted by Crippen LogP contribution is -2.67. The molecule has 15 nitrogen and oxygen atoms in total. The van der Waals surface area contributed by atoms with Crippen molar-refractivity contribution >= 4 is 17.9 Å². The van der Waals surface area contributed by atoms with Crippen LogP contribution in [0.5, 0.6) is 11.5 Å². The highest BCUT2D eigenvalue weighted by atomic mass is 16.8. The van der Waals surface area contributed by atoms with E-state index in [0.717, 1.165) is 0 Å². The molecular weight excluding hydrogens is 756 g/mol. The van der Waals surface area contributed by atoms with E-state index < -0.39 is 90.1 Å². The second kappa shape index (κ2) is 22.9. The maximum Gasteiger partial charge on any atom is 0.311 e. The Morgan fingerprint density at radius 1 is 0.603 bits per heavy atom. The van der Waals surface area contributed by atoms with Crippen molar-refractivity contribution in [1.29, 1.82) is 0 Å². The van der Waals surface area contributed by atoms with Gasteiger partial charge in [-0.3, -0.25) is 14.4 Å². The molecule has 1 aromatic carbocycles. The van der Waals surface area contributed by atoms with Crippen LogP contribution < -0.4 is 9.47 Å². The normalized spacial score (nSPS) is 27.4. The Labute approximate surface area is 342 Å². The van der Waals surface area contributed by atoms with Gasteiger partial charge in [0.15, 0.2) is 24.6 Å². The number of hydrogen-bond donors (Lipinski definition) is 0. The minimum absolute atomic E-state index is 0.0187. The van der Waals surface area contributed by atoms with Crippen LogP contribution >= 0.6 is 0 Å². The zero-order valence-electron chi connectivity index (χ0n) is 35.1. The monoisotopic (exact) mass is 818 g/mol. The van der Waals surface area contributed by atoms with Crippen molar-refractivity contribution in [2.24, 2.45) is 10.8 Å². The number of carbonyl (C=O) groups excluding carboxylic acids is 3. The number of esters is 3. The molecule has 0 amide bonds. The summed E-state index contributed by atoms with van der Waals surface area (Å²) < 4.78 is 74.1. The molecule has 0 bridgehead atoms. The molecule has 0 unspecified atom stereocenters. The predicted molar refractivity (Wildman–Crippen MR) is 212 cm³/mol. The Balaban J connectivity index is 2.24. The lowest BCUT2D eigenvalue weighted by molar-refractivity contribution is -0.360. The fraction of sp³-hybridized carbons (Fsp3) is 0.605. The highest BCUT2D eigenvalue weighted by molar-refractivity contribution is 5.76. The summed E-state index contributed by atoms with van der Waals surface area (Å²) in [6, 6.07) is 6.77. The summed E-state index contributed by atoms with van der Waals surface area (Å²) in [5.41, 5.74) is -1.94. The van der Waals surface area contributed by atoms with Gasteiger partial charge >= 0.3 is 17.9 Å². The van der Waals surface area contributed by atoms with Gasteiger partial charge in [0.2, 0.25) is 6.29 Å². The fourth-order valence-electron chi connectivity index (χ4n) is 5.80. The first kappa shape index (κ1) is 48.3. The third-order valence-electron chi connectivity index (χ3n) is 8.65. The Hall–Kier alpha value is -4.09. The fourth-order valence-corrected chi connectivity index (χ4v) is 5.80. The van der Waals surface area contributed by atoms with Gasteiger partial charge in [-0.2, -0.15) is 0 Å². The Morgan fingerprint density at radius 3 is 1.48 bits per heavy atom. The first-order chi connectivity index (χ1) is 27.5. The molecule has 2 heterocycles. The molecule has 3 rings (SSSR count). The Morgan fingerprint density at radius 2 is 1.03 bits per heavy atom. The maximum atomic E-state index is 13.7. The number of methoxy groups -OCH3 is 1. The summed E-state index contributed by atoms with van der Waals surface area (Å²) >= 11 is 0. The molecule has 0 saturated carbocycles. The first-order valence-electron chi connectivity index (χ1n) is 19.2. The SMILES string of the molecule is C=CCOC[C@H]1O[C@@H](O[C@@H]2[C@H](OCC=C)[C@@H](OC(=O)C(C)(C)C)[C@H](Oc3ccc(OC)cc3)O[C@@H]2COCC=C)[C@H](OC(=O)C(C)(C)C)[C@@H](OCC=C)[C@H]1OC(C)=O. The van der Waals surface area contributed by atoms with E-state index >= 15 is 0 Å². The van der Waals surface area contributed by atoms with E-state index in [1.807, 2.05) is 0 Å². The third kappa shape index (κ3) is 14.0. The number of benzene rings is 1. The number of hydrogen-bond acceptors (Lipinski definition) is 15. The van der Waals surface area contributed by atoms with E-state index in [2.05, 4.69) is 26.3 Å². The third-order valence-corrected chi connectivity index (χ3v) is 8.65. The number of rotatable bonds is 22. The predicted octanol–water partition coefficient (Wildman–Crippen LogP) is 5.30. The van der Waals surface area contributed by atoms with E-state index in [1.54, 1.807) is 85.1 Å². The summed E-state index contributed by atoms with van der Waals surface area (Å²) in [6.07, 6.45) is -5.81. The lowest BCUT2D eigenvalue weighted by Gasteiger charge is -2.49. The van der Waals surface area contributed by atoms with Crippen molar-refractivity contribution in [2.45, 2.75) is 110 Å². The molecule has 0 spiro atoms. The van der Waals surface area contributed by atoms with E-state index in [1.165, 1.54) is 19.1 Å². The topological polar surface area (TPSA) is 162 Å². The average Bonchev–Trinajstić information content (AvgIpc) is 3.16. The minimum Gasteiger partial charge on any atom is -0.497 e. The molecule has 1 aromatic rings. The zero-order valence-corrected chi connectivity index (χ0v) is 35.1. The van der Waals surface area contributed by atoms with Crippen LogP contribution in [0.3, 0.4) is 0 Å². The van der Waals surface area contributed by atoms with Crippen LogP contribution in [0.15, 0.2) is 74.9 Å². The van der Waals surface area contributed by atoms with Gasteiger partial charge in [-0.1, -0.05) is 24.3 Å². The quantitative estimate of drug-likeness (QED) is 0.0641. The summed E-state index contributed by atoms with van der Waals surface area (Å²) in [6.45, 7) is 26.5. The van der Waals surface area contributed by atoms with E-state index in [0.29, 0.717) is 11.5 Å². The molecule has 2 aliphatic heterocycles. The number of carbonyl (C=O) groups is 3. The van der Waals surface area contributed by atoms with Crippen LogP contribution in [0, 0.1) is 10.8 Å². The molecular formula is C43H62O15. The Kier molecular flexibility index (Phi) is 19.1. The van der Waals surface area contributed by atoms with Crippen LogP contribution in [0.4, 0.5) is 0 Å². The highest BCUT2D eigenvalue weighted by Gasteiger charge is 2.57. The van der Waals surface area contributed by atoms with Crippen molar-refractivity contribution in [1.82, 2.24) is 0 Å². The first-order valence-corrected chi connectivity index (χ1v) is 19.2. The molecule has 0 aromatic heterocycles. The number of ether oxygens (including phenoxy) is 12. The molecule has 2 aliphatic rings. The van der Waals surface area contributed by atoms with Crippen LogP contribution in [-0.4, -0.2) is 126 Å². The van der Waals surface area contributed by atoms with E-state index in [4.69, 9.17) is 56.8 Å². The molecule has 15 heteroatoms. The smallest absolute Gasteiger partial charge is 0.311 e. The largest absolute Gasteiger partial charge is 0.497 e. The van der Waals surface area contributed by atoms with Crippen molar-refractivity contribution < 1.29 is 71.2 Å². The van der Waals surface area contributed by atoms with Crippen molar-refractivity contribution in [3.63, 3.8) is 0 Å². The molecule has 10 atom stereocenters. The molecule has 2 saturated heterocycles. The van der Waals surface area contributed by atoms with Crippen molar-refractivity contribution in [2.75, 3.05) is 46.8 Å². The van der Waals surface area contributed by atoms with Gasteiger partial charge in [0.1, 0.15) is 42.0 Å². The van der Waals surface area contributed by atoms with Crippen LogP contribution in [0.2, 0.25) is 0 Å². The standard InChI is InChI=1S/C43H62O15/c1-13-21-48-25-30-32(52-27(5)44)34(50-23-15-3)37(58-41(46)43(9,10)11)39(55-30)56-33-31(26-49-22-14-2)54-38(53-29-19-17-28(47-12)18-20-29)36(35(33)51-24-16-4)57-40(45)42(6,7)8/h13-20,30-39H,1-4,21-26H2,5-12H3/t30-,31-,32+,33+,34+,35+,36-,37-,38-,39+/m1/s1. The van der Waals surface area contributed by atoms with Gasteiger partial charge in [0.25, 0.3) is 0 Å². The highest BCUT2D eigenvalue weighted by Crippen LogP contribution is 2.37. The second-order valence-electron chi connectivity index (χ2n) is 15.6. The van der Waals surface area contributed by atoms with Gasteiger partial charge < -0.3 is 56.8 Å². The minimum atomic E-state index is -1.45. The van der Waals surface area contributed by atoms with Crippen molar-refractivity contribution in [3.8, 4) is 11.5 Å². The second-order valence-corrected chi connectivity index (χ2v) is 15.6. The van der Waals surface area contributed by atoms with Crippen LogP contribution in [-0.2, 0) is 61.8 Å². The van der Waals surface area contributed by atoms with Crippen LogP contribution in [0.1, 0.15) is 48.5 Å². The van der Waals surface area contributed by atoms with Gasteiger partial charge in [-0.05, 0) is 65.8 Å². The maximum absolute atomic E-state index is 13.7.